The summed E-state index contributed by atoms with van der Waals surface area (Å²) in [6.07, 6.45) is 2.31. The van der Waals surface area contributed by atoms with Gasteiger partial charge in [-0.2, -0.15) is 0 Å². The Balaban J connectivity index is 1.58. The van der Waals surface area contributed by atoms with Crippen molar-refractivity contribution in [2.75, 3.05) is 5.32 Å². The minimum atomic E-state index is -0.258. The Morgan fingerprint density at radius 3 is 2.15 bits per heavy atom. The molecule has 27 heavy (non-hydrogen) atoms. The van der Waals surface area contributed by atoms with E-state index in [2.05, 4.69) is 24.5 Å². The molecule has 2 aromatic rings. The summed E-state index contributed by atoms with van der Waals surface area (Å²) in [5, 5.41) is 6.59. The number of halogens is 1. The van der Waals surface area contributed by atoms with Crippen molar-refractivity contribution in [3.8, 4) is 0 Å². The number of amides is 2. The number of rotatable bonds is 7. The number of anilines is 1. The number of hydrogen-bond donors (Lipinski definition) is 2. The summed E-state index contributed by atoms with van der Waals surface area (Å²) < 4.78 is 0. The molecule has 1 fully saturated rings. The Bertz CT molecular complexity index is 828. The van der Waals surface area contributed by atoms with Gasteiger partial charge in [-0.15, -0.1) is 0 Å². The molecule has 142 valence electrons. The molecule has 0 heterocycles. The lowest BCUT2D eigenvalue weighted by atomic mass is 10.0. The van der Waals surface area contributed by atoms with Crippen molar-refractivity contribution in [3.05, 3.63) is 64.2 Å². The Labute approximate surface area is 165 Å². The van der Waals surface area contributed by atoms with Crippen molar-refractivity contribution < 1.29 is 9.59 Å². The van der Waals surface area contributed by atoms with Crippen molar-refractivity contribution >= 4 is 29.1 Å². The first kappa shape index (κ1) is 19.4. The van der Waals surface area contributed by atoms with Gasteiger partial charge in [-0.3, -0.25) is 9.59 Å². The summed E-state index contributed by atoms with van der Waals surface area (Å²) in [5.74, 6) is -0.671. The minimum Gasteiger partial charge on any atom is -0.352 e. The van der Waals surface area contributed by atoms with Crippen molar-refractivity contribution in [3.63, 3.8) is 0 Å². The fraction of sp³-hybridized carbons (Fsp3) is 0.364. The highest BCUT2D eigenvalue weighted by molar-refractivity contribution is 6.31. The van der Waals surface area contributed by atoms with E-state index in [9.17, 15) is 9.59 Å². The lowest BCUT2D eigenvalue weighted by molar-refractivity contribution is -0.125. The SMILES string of the molecule is CCc1cccc(CC)c1NC(=O)C1CC1C(=O)NCc1ccccc1Cl. The third kappa shape index (κ3) is 4.51. The molecule has 0 aliphatic heterocycles. The molecule has 2 N–H and O–H groups in total. The van der Waals surface area contributed by atoms with E-state index in [1.165, 1.54) is 0 Å². The van der Waals surface area contributed by atoms with Crippen LogP contribution in [0.4, 0.5) is 5.69 Å². The van der Waals surface area contributed by atoms with Crippen LogP contribution in [0.25, 0.3) is 0 Å². The number of carbonyl (C=O) groups is 2. The zero-order chi connectivity index (χ0) is 19.4. The topological polar surface area (TPSA) is 58.2 Å². The predicted molar refractivity (Wildman–Crippen MR) is 109 cm³/mol. The van der Waals surface area contributed by atoms with Gasteiger partial charge < -0.3 is 10.6 Å². The first-order chi connectivity index (χ1) is 13.0. The predicted octanol–water partition coefficient (Wildman–Crippen LogP) is 4.36. The maximum atomic E-state index is 12.6. The zero-order valence-electron chi connectivity index (χ0n) is 15.7. The van der Waals surface area contributed by atoms with E-state index in [1.54, 1.807) is 6.07 Å². The summed E-state index contributed by atoms with van der Waals surface area (Å²) in [4.78, 5) is 25.0. The van der Waals surface area contributed by atoms with E-state index in [-0.39, 0.29) is 23.7 Å². The molecule has 2 amide bonds. The minimum absolute atomic E-state index is 0.0662. The van der Waals surface area contributed by atoms with E-state index >= 15 is 0 Å². The van der Waals surface area contributed by atoms with Gasteiger partial charge >= 0.3 is 0 Å². The lowest BCUT2D eigenvalue weighted by Gasteiger charge is -2.14. The Morgan fingerprint density at radius 1 is 0.926 bits per heavy atom. The fourth-order valence-electron chi connectivity index (χ4n) is 3.35. The van der Waals surface area contributed by atoms with Gasteiger partial charge in [0.05, 0.1) is 11.8 Å². The van der Waals surface area contributed by atoms with Crippen LogP contribution in [0.5, 0.6) is 0 Å². The fourth-order valence-corrected chi connectivity index (χ4v) is 3.55. The van der Waals surface area contributed by atoms with Crippen LogP contribution in [-0.2, 0) is 29.0 Å². The molecule has 2 unspecified atom stereocenters. The van der Waals surface area contributed by atoms with Crippen LogP contribution in [0.15, 0.2) is 42.5 Å². The molecule has 0 spiro atoms. The highest BCUT2D eigenvalue weighted by Crippen LogP contribution is 2.40. The third-order valence-corrected chi connectivity index (χ3v) is 5.49. The largest absolute Gasteiger partial charge is 0.352 e. The number of hydrogen-bond acceptors (Lipinski definition) is 2. The standard InChI is InChI=1S/C22H25ClN2O2/c1-3-14-9-7-10-15(4-2)20(14)25-22(27)18-12-17(18)21(26)24-13-16-8-5-6-11-19(16)23/h5-11,17-18H,3-4,12-13H2,1-2H3,(H,24,26)(H,25,27). The Kier molecular flexibility index (Phi) is 6.17. The van der Waals surface area contributed by atoms with Crippen LogP contribution in [0.2, 0.25) is 5.02 Å². The lowest BCUT2D eigenvalue weighted by Crippen LogP contribution is -2.27. The van der Waals surface area contributed by atoms with Crippen LogP contribution < -0.4 is 10.6 Å². The average molecular weight is 385 g/mol. The van der Waals surface area contributed by atoms with Gasteiger partial charge in [-0.05, 0) is 42.0 Å². The second kappa shape index (κ2) is 8.57. The van der Waals surface area contributed by atoms with Crippen molar-refractivity contribution in [2.24, 2.45) is 11.8 Å². The number of nitrogens with one attached hydrogen (secondary N) is 2. The monoisotopic (exact) mass is 384 g/mol. The second-order valence-electron chi connectivity index (χ2n) is 6.91. The van der Waals surface area contributed by atoms with Crippen molar-refractivity contribution in [1.29, 1.82) is 0 Å². The molecule has 0 bridgehead atoms. The Morgan fingerprint density at radius 2 is 1.52 bits per heavy atom. The van der Waals surface area contributed by atoms with Crippen molar-refractivity contribution in [1.82, 2.24) is 5.32 Å². The van der Waals surface area contributed by atoms with Gasteiger partial charge in [0, 0.05) is 17.3 Å². The number of para-hydroxylation sites is 1. The van der Waals surface area contributed by atoms with E-state index in [0.717, 1.165) is 35.2 Å². The van der Waals surface area contributed by atoms with Gasteiger partial charge in [-0.25, -0.2) is 0 Å². The maximum absolute atomic E-state index is 12.6. The van der Waals surface area contributed by atoms with E-state index in [4.69, 9.17) is 11.6 Å². The molecule has 0 saturated heterocycles. The van der Waals surface area contributed by atoms with Gasteiger partial charge in [-0.1, -0.05) is 61.8 Å². The molecule has 2 atom stereocenters. The summed E-state index contributed by atoms with van der Waals surface area (Å²) in [6, 6.07) is 13.5. The smallest absolute Gasteiger partial charge is 0.228 e. The average Bonchev–Trinajstić information content (AvgIpc) is 3.48. The molecular weight excluding hydrogens is 360 g/mol. The van der Waals surface area contributed by atoms with Crippen LogP contribution in [0, 0.1) is 11.8 Å². The van der Waals surface area contributed by atoms with Crippen LogP contribution in [-0.4, -0.2) is 11.8 Å². The maximum Gasteiger partial charge on any atom is 0.228 e. The molecule has 3 rings (SSSR count). The molecule has 1 aliphatic rings. The molecule has 0 radical (unpaired) electrons. The first-order valence-corrected chi connectivity index (χ1v) is 9.85. The summed E-state index contributed by atoms with van der Waals surface area (Å²) >= 11 is 6.11. The number of aryl methyl sites for hydroxylation is 2. The zero-order valence-corrected chi connectivity index (χ0v) is 16.5. The molecule has 1 aliphatic carbocycles. The quantitative estimate of drug-likeness (QED) is 0.745. The molecule has 2 aromatic carbocycles. The highest BCUT2D eigenvalue weighted by atomic mass is 35.5. The molecule has 4 nitrogen and oxygen atoms in total. The number of carbonyl (C=O) groups excluding carboxylic acids is 2. The van der Waals surface area contributed by atoms with E-state index < -0.39 is 0 Å². The third-order valence-electron chi connectivity index (χ3n) is 5.12. The highest BCUT2D eigenvalue weighted by Gasteiger charge is 2.48. The Hall–Kier alpha value is -2.33. The summed E-state index contributed by atoms with van der Waals surface area (Å²) in [6.45, 7) is 4.53. The summed E-state index contributed by atoms with van der Waals surface area (Å²) in [5.41, 5.74) is 4.04. The summed E-state index contributed by atoms with van der Waals surface area (Å²) in [7, 11) is 0. The van der Waals surface area contributed by atoms with Gasteiger partial charge in [0.25, 0.3) is 0 Å². The van der Waals surface area contributed by atoms with E-state index in [1.807, 2.05) is 36.4 Å². The van der Waals surface area contributed by atoms with Crippen LogP contribution in [0.3, 0.4) is 0 Å². The van der Waals surface area contributed by atoms with Crippen LogP contribution >= 0.6 is 11.6 Å². The van der Waals surface area contributed by atoms with Gasteiger partial charge in [0.2, 0.25) is 11.8 Å². The first-order valence-electron chi connectivity index (χ1n) is 9.47. The van der Waals surface area contributed by atoms with Crippen molar-refractivity contribution in [2.45, 2.75) is 39.7 Å². The van der Waals surface area contributed by atoms with Gasteiger partial charge in [0.15, 0.2) is 0 Å². The number of benzene rings is 2. The van der Waals surface area contributed by atoms with Crippen LogP contribution in [0.1, 0.15) is 37.0 Å². The molecule has 0 aromatic heterocycles. The van der Waals surface area contributed by atoms with E-state index in [0.29, 0.717) is 18.0 Å². The normalized spacial score (nSPS) is 18.0. The molecule has 1 saturated carbocycles. The second-order valence-corrected chi connectivity index (χ2v) is 7.31. The molecular formula is C22H25ClN2O2. The molecule has 5 heteroatoms. The van der Waals surface area contributed by atoms with Gasteiger partial charge in [0.1, 0.15) is 0 Å².